The van der Waals surface area contributed by atoms with E-state index in [1.54, 1.807) is 12.1 Å². The van der Waals surface area contributed by atoms with E-state index in [4.69, 9.17) is 0 Å². The SMILES string of the molecule is CCCNCc1ccn(Cc2ccc(F)c(Br)c2)n1. The lowest BCUT2D eigenvalue weighted by atomic mass is 10.2. The third-order valence-electron chi connectivity index (χ3n) is 2.76. The molecule has 1 aromatic heterocycles. The third kappa shape index (κ3) is 4.14. The first-order chi connectivity index (χ1) is 9.19. The van der Waals surface area contributed by atoms with Crippen molar-refractivity contribution in [3.05, 3.63) is 52.0 Å². The Morgan fingerprint density at radius 2 is 2.21 bits per heavy atom. The molecular formula is C14H17BrFN3. The van der Waals surface area contributed by atoms with Gasteiger partial charge in [-0.05, 0) is 52.7 Å². The Hall–Kier alpha value is -1.20. The van der Waals surface area contributed by atoms with Crippen LogP contribution in [0.4, 0.5) is 4.39 Å². The zero-order valence-corrected chi connectivity index (χ0v) is 12.5. The van der Waals surface area contributed by atoms with Gasteiger partial charge in [0.2, 0.25) is 0 Å². The first-order valence-corrected chi connectivity index (χ1v) is 7.15. The lowest BCUT2D eigenvalue weighted by molar-refractivity contribution is 0.613. The van der Waals surface area contributed by atoms with Crippen molar-refractivity contribution in [2.24, 2.45) is 0 Å². The molecule has 102 valence electrons. The van der Waals surface area contributed by atoms with Gasteiger partial charge in [0.1, 0.15) is 5.82 Å². The van der Waals surface area contributed by atoms with Gasteiger partial charge in [-0.3, -0.25) is 4.68 Å². The maximum atomic E-state index is 13.1. The van der Waals surface area contributed by atoms with E-state index in [9.17, 15) is 4.39 Å². The topological polar surface area (TPSA) is 29.9 Å². The van der Waals surface area contributed by atoms with Crippen LogP contribution in [0.3, 0.4) is 0 Å². The Morgan fingerprint density at radius 3 is 2.95 bits per heavy atom. The van der Waals surface area contributed by atoms with Crippen LogP contribution in [-0.4, -0.2) is 16.3 Å². The average Bonchev–Trinajstić information content (AvgIpc) is 2.82. The Bertz CT molecular complexity index is 539. The third-order valence-corrected chi connectivity index (χ3v) is 3.37. The summed E-state index contributed by atoms with van der Waals surface area (Å²) in [6, 6.07) is 7.02. The van der Waals surface area contributed by atoms with E-state index in [-0.39, 0.29) is 5.82 Å². The summed E-state index contributed by atoms with van der Waals surface area (Å²) < 4.78 is 15.5. The highest BCUT2D eigenvalue weighted by Gasteiger charge is 2.03. The minimum absolute atomic E-state index is 0.242. The van der Waals surface area contributed by atoms with Crippen LogP contribution < -0.4 is 5.32 Å². The van der Waals surface area contributed by atoms with Crippen LogP contribution in [0.5, 0.6) is 0 Å². The largest absolute Gasteiger partial charge is 0.311 e. The van der Waals surface area contributed by atoms with Gasteiger partial charge in [0.25, 0.3) is 0 Å². The molecule has 0 aliphatic carbocycles. The fourth-order valence-electron chi connectivity index (χ4n) is 1.80. The van der Waals surface area contributed by atoms with Gasteiger partial charge in [-0.2, -0.15) is 5.10 Å². The first-order valence-electron chi connectivity index (χ1n) is 6.36. The first kappa shape index (κ1) is 14.2. The summed E-state index contributed by atoms with van der Waals surface area (Å²) in [5, 5.41) is 7.79. The van der Waals surface area contributed by atoms with Gasteiger partial charge >= 0.3 is 0 Å². The molecule has 5 heteroatoms. The lowest BCUT2D eigenvalue weighted by Crippen LogP contribution is -2.14. The highest BCUT2D eigenvalue weighted by atomic mass is 79.9. The average molecular weight is 326 g/mol. The molecule has 0 saturated carbocycles. The summed E-state index contributed by atoms with van der Waals surface area (Å²) in [4.78, 5) is 0. The van der Waals surface area contributed by atoms with Crippen LogP contribution in [0.2, 0.25) is 0 Å². The zero-order chi connectivity index (χ0) is 13.7. The van der Waals surface area contributed by atoms with Crippen LogP contribution in [0.15, 0.2) is 34.9 Å². The van der Waals surface area contributed by atoms with E-state index < -0.39 is 0 Å². The van der Waals surface area contributed by atoms with Crippen molar-refractivity contribution < 1.29 is 4.39 Å². The predicted octanol–water partition coefficient (Wildman–Crippen LogP) is 3.33. The second-order valence-electron chi connectivity index (χ2n) is 4.43. The van der Waals surface area contributed by atoms with E-state index in [0.717, 1.165) is 30.8 Å². The molecular weight excluding hydrogens is 309 g/mol. The second kappa shape index (κ2) is 6.82. The van der Waals surface area contributed by atoms with Crippen molar-refractivity contribution in [2.75, 3.05) is 6.54 Å². The molecule has 0 spiro atoms. The molecule has 2 rings (SSSR count). The number of halogens is 2. The molecule has 1 N–H and O–H groups in total. The Labute approximate surface area is 121 Å². The Kier molecular flexibility index (Phi) is 5.10. The molecule has 0 radical (unpaired) electrons. The molecule has 0 aliphatic rings. The molecule has 0 saturated heterocycles. The van der Waals surface area contributed by atoms with Crippen LogP contribution >= 0.6 is 15.9 Å². The number of rotatable bonds is 6. The quantitative estimate of drug-likeness (QED) is 0.825. The molecule has 3 nitrogen and oxygen atoms in total. The second-order valence-corrected chi connectivity index (χ2v) is 5.28. The Balaban J connectivity index is 1.97. The van der Waals surface area contributed by atoms with Gasteiger partial charge in [0, 0.05) is 12.7 Å². The molecule has 0 unspecified atom stereocenters. The maximum Gasteiger partial charge on any atom is 0.137 e. The zero-order valence-electron chi connectivity index (χ0n) is 10.9. The number of nitrogens with zero attached hydrogens (tertiary/aromatic N) is 2. The van der Waals surface area contributed by atoms with Gasteiger partial charge in [-0.1, -0.05) is 13.0 Å². The molecule has 0 amide bonds. The van der Waals surface area contributed by atoms with Crippen LogP contribution in [-0.2, 0) is 13.1 Å². The van der Waals surface area contributed by atoms with E-state index >= 15 is 0 Å². The van der Waals surface area contributed by atoms with Crippen LogP contribution in [0.25, 0.3) is 0 Å². The molecule has 2 aromatic rings. The minimum atomic E-state index is -0.242. The maximum absolute atomic E-state index is 13.1. The molecule has 0 bridgehead atoms. The summed E-state index contributed by atoms with van der Waals surface area (Å²) in [7, 11) is 0. The van der Waals surface area contributed by atoms with Gasteiger partial charge in [-0.15, -0.1) is 0 Å². The van der Waals surface area contributed by atoms with Gasteiger partial charge in [0.05, 0.1) is 16.7 Å². The van der Waals surface area contributed by atoms with Crippen LogP contribution in [0.1, 0.15) is 24.6 Å². The van der Waals surface area contributed by atoms with E-state index in [1.165, 1.54) is 6.07 Å². The van der Waals surface area contributed by atoms with Crippen LogP contribution in [0, 0.1) is 5.82 Å². The monoisotopic (exact) mass is 325 g/mol. The fraction of sp³-hybridized carbons (Fsp3) is 0.357. The fourth-order valence-corrected chi connectivity index (χ4v) is 2.23. The summed E-state index contributed by atoms with van der Waals surface area (Å²) in [5.41, 5.74) is 2.04. The predicted molar refractivity (Wildman–Crippen MR) is 77.4 cm³/mol. The molecule has 0 fully saturated rings. The minimum Gasteiger partial charge on any atom is -0.311 e. The van der Waals surface area contributed by atoms with Gasteiger partial charge in [0.15, 0.2) is 0 Å². The number of hydrogen-bond acceptors (Lipinski definition) is 2. The summed E-state index contributed by atoms with van der Waals surface area (Å²) >= 11 is 3.19. The molecule has 0 atom stereocenters. The standard InChI is InChI=1S/C14H17BrFN3/c1-2-6-17-9-12-5-7-19(18-12)10-11-3-4-14(16)13(15)8-11/h3-5,7-8,17H,2,6,9-10H2,1H3. The molecule has 0 aliphatic heterocycles. The molecule has 19 heavy (non-hydrogen) atoms. The smallest absolute Gasteiger partial charge is 0.137 e. The number of nitrogens with one attached hydrogen (secondary N) is 1. The van der Waals surface area contributed by atoms with Crippen molar-refractivity contribution >= 4 is 15.9 Å². The molecule has 1 heterocycles. The highest BCUT2D eigenvalue weighted by Crippen LogP contribution is 2.17. The summed E-state index contributed by atoms with van der Waals surface area (Å²) in [6.45, 7) is 4.57. The summed E-state index contributed by atoms with van der Waals surface area (Å²) in [6.07, 6.45) is 3.06. The van der Waals surface area contributed by atoms with Crippen molar-refractivity contribution in [2.45, 2.75) is 26.4 Å². The number of aromatic nitrogens is 2. The highest BCUT2D eigenvalue weighted by molar-refractivity contribution is 9.10. The van der Waals surface area contributed by atoms with Gasteiger partial charge < -0.3 is 5.32 Å². The van der Waals surface area contributed by atoms with Crippen molar-refractivity contribution in [1.29, 1.82) is 0 Å². The van der Waals surface area contributed by atoms with E-state index in [1.807, 2.05) is 16.9 Å². The normalized spacial score (nSPS) is 10.9. The van der Waals surface area contributed by atoms with Crippen molar-refractivity contribution in [3.63, 3.8) is 0 Å². The van der Waals surface area contributed by atoms with E-state index in [0.29, 0.717) is 11.0 Å². The number of benzene rings is 1. The van der Waals surface area contributed by atoms with Gasteiger partial charge in [-0.25, -0.2) is 4.39 Å². The van der Waals surface area contributed by atoms with Crippen molar-refractivity contribution in [3.8, 4) is 0 Å². The number of hydrogen-bond donors (Lipinski definition) is 1. The Morgan fingerprint density at radius 1 is 1.37 bits per heavy atom. The molecule has 1 aromatic carbocycles. The van der Waals surface area contributed by atoms with E-state index in [2.05, 4.69) is 33.3 Å². The van der Waals surface area contributed by atoms with Crippen molar-refractivity contribution in [1.82, 2.24) is 15.1 Å². The summed E-state index contributed by atoms with van der Waals surface area (Å²) in [5.74, 6) is -0.242. The lowest BCUT2D eigenvalue weighted by Gasteiger charge is -2.04.